The highest BCUT2D eigenvalue weighted by Crippen LogP contribution is 2.25. The Balaban J connectivity index is 1.67. The summed E-state index contributed by atoms with van der Waals surface area (Å²) >= 11 is 5.10. The Bertz CT molecular complexity index is 981. The van der Waals surface area contributed by atoms with Crippen molar-refractivity contribution < 1.29 is 4.74 Å². The van der Waals surface area contributed by atoms with Crippen molar-refractivity contribution in [3.05, 3.63) is 46.7 Å². The van der Waals surface area contributed by atoms with Gasteiger partial charge in [-0.05, 0) is 42.0 Å². The van der Waals surface area contributed by atoms with Crippen molar-refractivity contribution >= 4 is 34.6 Å². The Kier molecular flexibility index (Phi) is 4.96. The van der Waals surface area contributed by atoms with Gasteiger partial charge >= 0.3 is 0 Å². The quantitative estimate of drug-likeness (QED) is 0.358. The number of hydrogen-bond acceptors (Lipinski definition) is 4. The van der Waals surface area contributed by atoms with Crippen molar-refractivity contribution in [1.82, 2.24) is 9.97 Å². The first kappa shape index (κ1) is 16.9. The molecule has 3 aromatic rings. The first-order valence-corrected chi connectivity index (χ1v) is 8.30. The minimum absolute atomic E-state index is 0.359. The standard InChI is InChI=1S/C19H20N4OS/c1-4-5-13-6-8-15(11-18(13)23(2)3)24-12-20-14-7-9-16-17(10-14)22-19(25)21-16/h1,6-11,20H,5,12H2,2-3H3,(H2,21,22,25). The Morgan fingerprint density at radius 3 is 2.72 bits per heavy atom. The molecule has 1 aromatic heterocycles. The van der Waals surface area contributed by atoms with Gasteiger partial charge in [-0.2, -0.15) is 0 Å². The Labute approximate surface area is 152 Å². The number of anilines is 2. The number of nitrogens with zero attached hydrogens (tertiary/aromatic N) is 1. The number of hydrogen-bond donors (Lipinski definition) is 3. The molecule has 3 rings (SSSR count). The molecule has 0 bridgehead atoms. The van der Waals surface area contributed by atoms with Gasteiger partial charge in [0.05, 0.1) is 11.0 Å². The van der Waals surface area contributed by atoms with Crippen LogP contribution in [0.2, 0.25) is 0 Å². The maximum Gasteiger partial charge on any atom is 0.175 e. The number of ether oxygens (including phenoxy) is 1. The third-order valence-electron chi connectivity index (χ3n) is 3.86. The number of rotatable bonds is 6. The fraction of sp³-hybridized carbons (Fsp3) is 0.211. The van der Waals surface area contributed by atoms with Gasteiger partial charge in [-0.1, -0.05) is 6.07 Å². The summed E-state index contributed by atoms with van der Waals surface area (Å²) in [5.41, 5.74) is 5.08. The highest BCUT2D eigenvalue weighted by Gasteiger charge is 2.06. The van der Waals surface area contributed by atoms with Crippen LogP contribution in [0.4, 0.5) is 11.4 Å². The summed E-state index contributed by atoms with van der Waals surface area (Å²) in [6.07, 6.45) is 6.03. The normalized spacial score (nSPS) is 10.4. The van der Waals surface area contributed by atoms with Gasteiger partial charge in [0.15, 0.2) is 11.5 Å². The second-order valence-electron chi connectivity index (χ2n) is 5.87. The molecule has 1 heterocycles. The predicted octanol–water partition coefficient (Wildman–Crippen LogP) is 3.92. The number of aromatic amines is 2. The summed E-state index contributed by atoms with van der Waals surface area (Å²) in [5, 5.41) is 3.25. The molecule has 0 fully saturated rings. The van der Waals surface area contributed by atoms with Crippen LogP contribution >= 0.6 is 12.2 Å². The molecule has 3 N–H and O–H groups in total. The lowest BCUT2D eigenvalue weighted by Crippen LogP contribution is -2.13. The van der Waals surface area contributed by atoms with Crippen molar-refractivity contribution in [3.8, 4) is 18.1 Å². The summed E-state index contributed by atoms with van der Waals surface area (Å²) < 4.78 is 6.44. The first-order chi connectivity index (χ1) is 12.1. The Morgan fingerprint density at radius 1 is 1.16 bits per heavy atom. The van der Waals surface area contributed by atoms with Gasteiger partial charge in [0.2, 0.25) is 0 Å². The summed E-state index contributed by atoms with van der Waals surface area (Å²) in [5.74, 6) is 3.48. The van der Waals surface area contributed by atoms with E-state index in [1.807, 2.05) is 55.4 Å². The largest absolute Gasteiger partial charge is 0.473 e. The number of H-pyrrole nitrogens is 2. The first-order valence-electron chi connectivity index (χ1n) is 7.89. The topological polar surface area (TPSA) is 56.1 Å². The van der Waals surface area contributed by atoms with Gasteiger partial charge in [-0.15, -0.1) is 12.3 Å². The van der Waals surface area contributed by atoms with Crippen LogP contribution in [-0.4, -0.2) is 30.8 Å². The van der Waals surface area contributed by atoms with Crippen molar-refractivity contribution in [2.24, 2.45) is 0 Å². The molecule has 0 saturated heterocycles. The number of terminal acetylenes is 1. The SMILES string of the molecule is C#CCc1ccc(OCNc2ccc3[nH]c(=S)[nH]c3c2)cc1N(C)C. The molecule has 0 spiro atoms. The smallest absolute Gasteiger partial charge is 0.175 e. The van der Waals surface area contributed by atoms with Crippen LogP contribution in [0.3, 0.4) is 0 Å². The second-order valence-corrected chi connectivity index (χ2v) is 6.28. The zero-order valence-corrected chi connectivity index (χ0v) is 15.0. The van der Waals surface area contributed by atoms with E-state index in [-0.39, 0.29) is 0 Å². The zero-order chi connectivity index (χ0) is 17.8. The van der Waals surface area contributed by atoms with Crippen LogP contribution < -0.4 is 15.0 Å². The molecule has 0 aliphatic carbocycles. The molecule has 0 amide bonds. The van der Waals surface area contributed by atoms with Crippen LogP contribution in [0, 0.1) is 17.1 Å². The average Bonchev–Trinajstić information content (AvgIpc) is 2.95. The fourth-order valence-electron chi connectivity index (χ4n) is 2.65. The van der Waals surface area contributed by atoms with Gasteiger partial charge < -0.3 is 24.9 Å². The van der Waals surface area contributed by atoms with Crippen LogP contribution in [0.5, 0.6) is 5.75 Å². The average molecular weight is 352 g/mol. The fourth-order valence-corrected chi connectivity index (χ4v) is 2.87. The number of benzene rings is 2. The molecule has 0 aliphatic heterocycles. The van der Waals surface area contributed by atoms with Crippen LogP contribution in [0.25, 0.3) is 11.0 Å². The van der Waals surface area contributed by atoms with E-state index in [4.69, 9.17) is 23.4 Å². The Morgan fingerprint density at radius 2 is 1.96 bits per heavy atom. The minimum Gasteiger partial charge on any atom is -0.473 e. The van der Waals surface area contributed by atoms with E-state index >= 15 is 0 Å². The summed E-state index contributed by atoms with van der Waals surface area (Å²) in [4.78, 5) is 8.22. The minimum atomic E-state index is 0.359. The number of imidazole rings is 1. The summed E-state index contributed by atoms with van der Waals surface area (Å²) in [6.45, 7) is 0.359. The van der Waals surface area contributed by atoms with E-state index in [2.05, 4.69) is 21.2 Å². The van der Waals surface area contributed by atoms with E-state index in [0.29, 0.717) is 17.9 Å². The molecule has 128 valence electrons. The summed E-state index contributed by atoms with van der Waals surface area (Å²) in [7, 11) is 3.99. The molecule has 2 aromatic carbocycles. The molecule has 25 heavy (non-hydrogen) atoms. The van der Waals surface area contributed by atoms with Gasteiger partial charge in [-0.25, -0.2) is 0 Å². The van der Waals surface area contributed by atoms with Gasteiger partial charge in [0, 0.05) is 38.0 Å². The van der Waals surface area contributed by atoms with Crippen LogP contribution in [0.1, 0.15) is 5.56 Å². The third-order valence-corrected chi connectivity index (χ3v) is 4.07. The molecule has 0 radical (unpaired) electrons. The number of fused-ring (bicyclic) bond motifs is 1. The number of nitrogens with one attached hydrogen (secondary N) is 3. The van der Waals surface area contributed by atoms with Crippen LogP contribution in [0.15, 0.2) is 36.4 Å². The second kappa shape index (κ2) is 7.32. The maximum absolute atomic E-state index is 5.82. The lowest BCUT2D eigenvalue weighted by molar-refractivity contribution is 0.347. The monoisotopic (exact) mass is 352 g/mol. The molecule has 5 nitrogen and oxygen atoms in total. The van der Waals surface area contributed by atoms with E-state index < -0.39 is 0 Å². The van der Waals surface area contributed by atoms with Gasteiger partial charge in [0.1, 0.15) is 5.75 Å². The van der Waals surface area contributed by atoms with E-state index in [9.17, 15) is 0 Å². The van der Waals surface area contributed by atoms with Crippen molar-refractivity contribution in [3.63, 3.8) is 0 Å². The highest BCUT2D eigenvalue weighted by atomic mass is 32.1. The summed E-state index contributed by atoms with van der Waals surface area (Å²) in [6, 6.07) is 11.9. The van der Waals surface area contributed by atoms with Crippen molar-refractivity contribution in [2.45, 2.75) is 6.42 Å². The van der Waals surface area contributed by atoms with Crippen molar-refractivity contribution in [1.29, 1.82) is 0 Å². The third kappa shape index (κ3) is 3.95. The van der Waals surface area contributed by atoms with E-state index in [0.717, 1.165) is 33.7 Å². The molecule has 6 heteroatoms. The lowest BCUT2D eigenvalue weighted by atomic mass is 10.1. The zero-order valence-electron chi connectivity index (χ0n) is 14.2. The molecular formula is C19H20N4OS. The highest BCUT2D eigenvalue weighted by molar-refractivity contribution is 7.71. The van der Waals surface area contributed by atoms with Gasteiger partial charge in [0.25, 0.3) is 0 Å². The Hall–Kier alpha value is -2.91. The van der Waals surface area contributed by atoms with E-state index in [1.165, 1.54) is 0 Å². The predicted molar refractivity (Wildman–Crippen MR) is 106 cm³/mol. The van der Waals surface area contributed by atoms with Gasteiger partial charge in [-0.3, -0.25) is 0 Å². The molecule has 0 unspecified atom stereocenters. The molecule has 0 saturated carbocycles. The molecule has 0 aliphatic rings. The van der Waals surface area contributed by atoms with Crippen molar-refractivity contribution in [2.75, 3.05) is 31.0 Å². The molecule has 0 atom stereocenters. The maximum atomic E-state index is 5.82. The lowest BCUT2D eigenvalue weighted by Gasteiger charge is -2.18. The van der Waals surface area contributed by atoms with Crippen LogP contribution in [-0.2, 0) is 6.42 Å². The van der Waals surface area contributed by atoms with E-state index in [1.54, 1.807) is 0 Å². The molecular weight excluding hydrogens is 332 g/mol. The number of aromatic nitrogens is 2.